The Balaban J connectivity index is 1.00. The molecule has 0 spiro atoms. The number of benzene rings is 2. The molecule has 3 aliphatic rings. The molecule has 6 rings (SSSR count). The smallest absolute Gasteiger partial charge is 0.260 e. The molecule has 2 fully saturated rings. The number of carbonyl (C=O) groups is 1. The van der Waals surface area contributed by atoms with Crippen LogP contribution in [-0.4, -0.2) is 68.6 Å². The zero-order valence-electron chi connectivity index (χ0n) is 22.2. The van der Waals surface area contributed by atoms with Gasteiger partial charge in [-0.05, 0) is 73.1 Å². The summed E-state index contributed by atoms with van der Waals surface area (Å²) in [6.07, 6.45) is 6.00. The first kappa shape index (κ1) is 25.5. The molecule has 204 valence electrons. The number of aryl methyl sites for hydroxylation is 1. The fourth-order valence-corrected chi connectivity index (χ4v) is 5.55. The lowest BCUT2D eigenvalue weighted by Gasteiger charge is -2.32. The Bertz CT molecular complexity index is 1280. The Hall–Kier alpha value is -3.78. The first-order chi connectivity index (χ1) is 19.2. The fourth-order valence-electron chi connectivity index (χ4n) is 5.55. The average Bonchev–Trinajstić information content (AvgIpc) is 3.48. The van der Waals surface area contributed by atoms with Crippen molar-refractivity contribution in [1.82, 2.24) is 9.88 Å². The van der Waals surface area contributed by atoms with E-state index in [0.29, 0.717) is 31.7 Å². The molecule has 0 N–H and O–H groups in total. The van der Waals surface area contributed by atoms with Gasteiger partial charge in [0.2, 0.25) is 6.79 Å². The van der Waals surface area contributed by atoms with E-state index in [1.807, 2.05) is 47.5 Å². The second kappa shape index (κ2) is 11.9. The minimum atomic E-state index is 0.0419. The normalized spacial score (nSPS) is 17.3. The van der Waals surface area contributed by atoms with Gasteiger partial charge in [-0.1, -0.05) is 24.3 Å². The minimum absolute atomic E-state index is 0.0419. The van der Waals surface area contributed by atoms with Crippen molar-refractivity contribution >= 4 is 11.7 Å². The number of para-hydroxylation sites is 1. The van der Waals surface area contributed by atoms with Crippen molar-refractivity contribution in [1.29, 1.82) is 0 Å². The first-order valence-electron chi connectivity index (χ1n) is 13.9. The van der Waals surface area contributed by atoms with E-state index in [9.17, 15) is 4.79 Å². The summed E-state index contributed by atoms with van der Waals surface area (Å²) in [6.45, 7) is 5.00. The number of anilines is 1. The number of hydrogen-bond acceptors (Lipinski definition) is 7. The maximum absolute atomic E-state index is 13.0. The summed E-state index contributed by atoms with van der Waals surface area (Å²) in [5.74, 6) is 3.98. The number of fused-ring (bicyclic) bond motifs is 1. The summed E-state index contributed by atoms with van der Waals surface area (Å²) in [7, 11) is 0. The lowest BCUT2D eigenvalue weighted by atomic mass is 9.90. The molecule has 0 radical (unpaired) electrons. The van der Waals surface area contributed by atoms with E-state index in [0.717, 1.165) is 80.3 Å². The summed E-state index contributed by atoms with van der Waals surface area (Å²) in [6, 6.07) is 18.2. The third-order valence-electron chi connectivity index (χ3n) is 7.88. The van der Waals surface area contributed by atoms with Crippen molar-refractivity contribution in [2.75, 3.05) is 57.7 Å². The monoisotopic (exact) mass is 529 g/mol. The van der Waals surface area contributed by atoms with Crippen molar-refractivity contribution in [2.45, 2.75) is 25.7 Å². The first-order valence-corrected chi connectivity index (χ1v) is 13.9. The van der Waals surface area contributed by atoms with Crippen molar-refractivity contribution in [3.05, 3.63) is 66.4 Å². The molecule has 2 saturated heterocycles. The van der Waals surface area contributed by atoms with Gasteiger partial charge in [0.15, 0.2) is 18.1 Å². The highest BCUT2D eigenvalue weighted by Crippen LogP contribution is 2.34. The highest BCUT2D eigenvalue weighted by atomic mass is 16.7. The summed E-state index contributed by atoms with van der Waals surface area (Å²) in [5.41, 5.74) is 3.26. The SMILES string of the molecule is O=C(COc1ccccc1-c1ccnc(N2CCOCC2)c1)N1CCC(CCc2ccc3c(c2)OCO3)CC1. The molecule has 0 bridgehead atoms. The number of amides is 1. The molecule has 2 aromatic carbocycles. The van der Waals surface area contributed by atoms with Crippen LogP contribution in [-0.2, 0) is 16.0 Å². The lowest BCUT2D eigenvalue weighted by molar-refractivity contribution is -0.134. The Morgan fingerprint density at radius 2 is 1.77 bits per heavy atom. The molecular formula is C31H35N3O5. The van der Waals surface area contributed by atoms with E-state index in [1.165, 1.54) is 5.56 Å². The minimum Gasteiger partial charge on any atom is -0.483 e. The number of ether oxygens (including phenoxy) is 4. The van der Waals surface area contributed by atoms with Crippen LogP contribution in [0.2, 0.25) is 0 Å². The molecular weight excluding hydrogens is 494 g/mol. The van der Waals surface area contributed by atoms with Crippen LogP contribution in [0.4, 0.5) is 5.82 Å². The number of nitrogens with zero attached hydrogens (tertiary/aromatic N) is 3. The standard InChI is InChI=1S/C31H35N3O5/c35-31(34-13-10-23(11-14-34)5-6-24-7-8-28-29(19-24)39-22-38-28)21-37-27-4-2-1-3-26(27)25-9-12-32-30(20-25)33-15-17-36-18-16-33/h1-4,7-9,12,19-20,23H,5-6,10-11,13-18,21-22H2. The van der Waals surface area contributed by atoms with Gasteiger partial charge in [-0.3, -0.25) is 4.79 Å². The predicted octanol–water partition coefficient (Wildman–Crippen LogP) is 4.56. The maximum atomic E-state index is 13.0. The van der Waals surface area contributed by atoms with Crippen LogP contribution in [0.15, 0.2) is 60.8 Å². The van der Waals surface area contributed by atoms with Gasteiger partial charge in [0, 0.05) is 37.9 Å². The number of morpholine rings is 1. The number of piperidine rings is 1. The third-order valence-corrected chi connectivity index (χ3v) is 7.88. The number of hydrogen-bond donors (Lipinski definition) is 0. The van der Waals surface area contributed by atoms with Crippen LogP contribution in [0.25, 0.3) is 11.1 Å². The van der Waals surface area contributed by atoms with E-state index in [2.05, 4.69) is 28.1 Å². The van der Waals surface area contributed by atoms with E-state index < -0.39 is 0 Å². The van der Waals surface area contributed by atoms with Crippen molar-refractivity contribution in [3.8, 4) is 28.4 Å². The molecule has 4 heterocycles. The van der Waals surface area contributed by atoms with Gasteiger partial charge in [-0.2, -0.15) is 0 Å². The van der Waals surface area contributed by atoms with E-state index in [4.69, 9.17) is 18.9 Å². The second-order valence-corrected chi connectivity index (χ2v) is 10.3. The summed E-state index contributed by atoms with van der Waals surface area (Å²) in [5, 5.41) is 0. The van der Waals surface area contributed by atoms with Crippen LogP contribution in [0.5, 0.6) is 17.2 Å². The molecule has 8 heteroatoms. The van der Waals surface area contributed by atoms with Gasteiger partial charge in [-0.25, -0.2) is 4.98 Å². The third kappa shape index (κ3) is 6.11. The molecule has 1 amide bonds. The number of carbonyl (C=O) groups excluding carboxylic acids is 1. The van der Waals surface area contributed by atoms with Gasteiger partial charge >= 0.3 is 0 Å². The number of likely N-dealkylation sites (tertiary alicyclic amines) is 1. The maximum Gasteiger partial charge on any atom is 0.260 e. The quantitative estimate of drug-likeness (QED) is 0.423. The number of aromatic nitrogens is 1. The zero-order valence-corrected chi connectivity index (χ0v) is 22.2. The Labute approximate surface area is 229 Å². The Morgan fingerprint density at radius 1 is 0.949 bits per heavy atom. The van der Waals surface area contributed by atoms with E-state index >= 15 is 0 Å². The van der Waals surface area contributed by atoms with Crippen LogP contribution in [0, 0.1) is 5.92 Å². The molecule has 39 heavy (non-hydrogen) atoms. The number of rotatable bonds is 8. The molecule has 1 aromatic heterocycles. The van der Waals surface area contributed by atoms with Crippen molar-refractivity contribution in [2.24, 2.45) is 5.92 Å². The predicted molar refractivity (Wildman–Crippen MR) is 148 cm³/mol. The highest BCUT2D eigenvalue weighted by molar-refractivity contribution is 5.79. The molecule has 0 aliphatic carbocycles. The topological polar surface area (TPSA) is 73.4 Å². The second-order valence-electron chi connectivity index (χ2n) is 10.3. The van der Waals surface area contributed by atoms with Crippen LogP contribution < -0.4 is 19.1 Å². The highest BCUT2D eigenvalue weighted by Gasteiger charge is 2.24. The van der Waals surface area contributed by atoms with Crippen LogP contribution in [0.3, 0.4) is 0 Å². The molecule has 0 atom stereocenters. The molecule has 3 aromatic rings. The van der Waals surface area contributed by atoms with E-state index in [1.54, 1.807) is 0 Å². The van der Waals surface area contributed by atoms with Gasteiger partial charge in [0.25, 0.3) is 5.91 Å². The molecule has 3 aliphatic heterocycles. The largest absolute Gasteiger partial charge is 0.483 e. The van der Waals surface area contributed by atoms with E-state index in [-0.39, 0.29) is 12.5 Å². The fraction of sp³-hybridized carbons (Fsp3) is 0.419. The zero-order chi connectivity index (χ0) is 26.4. The van der Waals surface area contributed by atoms with Crippen LogP contribution >= 0.6 is 0 Å². The average molecular weight is 530 g/mol. The molecule has 0 unspecified atom stereocenters. The number of pyridine rings is 1. The molecule has 0 saturated carbocycles. The van der Waals surface area contributed by atoms with Crippen molar-refractivity contribution in [3.63, 3.8) is 0 Å². The Morgan fingerprint density at radius 3 is 2.64 bits per heavy atom. The summed E-state index contributed by atoms with van der Waals surface area (Å²) in [4.78, 5) is 21.8. The van der Waals surface area contributed by atoms with Crippen molar-refractivity contribution < 1.29 is 23.7 Å². The lowest BCUT2D eigenvalue weighted by Crippen LogP contribution is -2.41. The van der Waals surface area contributed by atoms with Crippen LogP contribution in [0.1, 0.15) is 24.8 Å². The summed E-state index contributed by atoms with van der Waals surface area (Å²) >= 11 is 0. The van der Waals surface area contributed by atoms with Gasteiger partial charge in [0.05, 0.1) is 13.2 Å². The molecule has 8 nitrogen and oxygen atoms in total. The summed E-state index contributed by atoms with van der Waals surface area (Å²) < 4.78 is 22.5. The van der Waals surface area contributed by atoms with Gasteiger partial charge in [0.1, 0.15) is 11.6 Å². The van der Waals surface area contributed by atoms with Gasteiger partial charge in [-0.15, -0.1) is 0 Å². The Kier molecular flexibility index (Phi) is 7.81. The van der Waals surface area contributed by atoms with Gasteiger partial charge < -0.3 is 28.7 Å².